The van der Waals surface area contributed by atoms with Crippen LogP contribution in [-0.4, -0.2) is 81.1 Å². The maximum Gasteiger partial charge on any atom is 0.279 e. The Morgan fingerprint density at radius 3 is 2.54 bits per heavy atom. The fourth-order valence-corrected chi connectivity index (χ4v) is 3.48. The van der Waals surface area contributed by atoms with Gasteiger partial charge in [0.1, 0.15) is 5.82 Å². The van der Waals surface area contributed by atoms with Crippen molar-refractivity contribution < 1.29 is 13.5 Å². The van der Waals surface area contributed by atoms with Gasteiger partial charge in [-0.25, -0.2) is 4.98 Å². The summed E-state index contributed by atoms with van der Waals surface area (Å²) < 4.78 is 27.4. The summed E-state index contributed by atoms with van der Waals surface area (Å²) in [5.41, 5.74) is 1.07. The lowest BCUT2D eigenvalue weighted by Gasteiger charge is -2.36. The maximum absolute atomic E-state index is 11.9. The van der Waals surface area contributed by atoms with Crippen LogP contribution < -0.4 is 9.62 Å². The number of β-amino-alcohol motifs (C(OH)–C–C–N with tert-alkyl or cyclic N) is 1. The van der Waals surface area contributed by atoms with E-state index >= 15 is 0 Å². The molecule has 1 fully saturated rings. The second-order valence-electron chi connectivity index (χ2n) is 6.52. The lowest BCUT2D eigenvalue weighted by Crippen LogP contribution is -2.55. The average molecular weight is 357 g/mol. The SMILES string of the molecule is CN(C)c1ccc(CN2CC[C@@H](NS(=O)(=O)N(C)C)[C@H](O)C2)cn1. The van der Waals surface area contributed by atoms with E-state index in [4.69, 9.17) is 0 Å². The van der Waals surface area contributed by atoms with Crippen molar-refractivity contribution in [2.45, 2.75) is 25.1 Å². The summed E-state index contributed by atoms with van der Waals surface area (Å²) in [5, 5.41) is 10.3. The Bertz CT molecular complexity index is 633. The van der Waals surface area contributed by atoms with Gasteiger partial charge in [-0.15, -0.1) is 0 Å². The van der Waals surface area contributed by atoms with Gasteiger partial charge >= 0.3 is 0 Å². The Morgan fingerprint density at radius 2 is 2.04 bits per heavy atom. The summed E-state index contributed by atoms with van der Waals surface area (Å²) in [6.07, 6.45) is 1.67. The Labute approximate surface area is 144 Å². The number of piperidine rings is 1. The molecule has 2 atom stereocenters. The fraction of sp³-hybridized carbons (Fsp3) is 0.667. The zero-order chi connectivity index (χ0) is 17.9. The molecule has 2 rings (SSSR count). The monoisotopic (exact) mass is 357 g/mol. The predicted octanol–water partition coefficient (Wildman–Crippen LogP) is -0.521. The van der Waals surface area contributed by atoms with Crippen LogP contribution in [0.2, 0.25) is 0 Å². The predicted molar refractivity (Wildman–Crippen MR) is 94.0 cm³/mol. The number of hydrogen-bond acceptors (Lipinski definition) is 6. The molecule has 1 saturated heterocycles. The highest BCUT2D eigenvalue weighted by Crippen LogP contribution is 2.16. The third-order valence-electron chi connectivity index (χ3n) is 4.12. The first-order valence-corrected chi connectivity index (χ1v) is 9.35. The lowest BCUT2D eigenvalue weighted by molar-refractivity contribution is 0.0441. The molecule has 2 heterocycles. The van der Waals surface area contributed by atoms with Gasteiger partial charge in [-0.3, -0.25) is 4.90 Å². The number of likely N-dealkylation sites (tertiary alicyclic amines) is 1. The van der Waals surface area contributed by atoms with Gasteiger partial charge < -0.3 is 10.0 Å². The van der Waals surface area contributed by atoms with Gasteiger partial charge in [0.05, 0.1) is 12.1 Å². The molecule has 0 aromatic carbocycles. The van der Waals surface area contributed by atoms with Gasteiger partial charge in [0.2, 0.25) is 0 Å². The molecule has 1 aliphatic heterocycles. The van der Waals surface area contributed by atoms with Crippen molar-refractivity contribution in [2.24, 2.45) is 0 Å². The van der Waals surface area contributed by atoms with Gasteiger partial charge in [-0.2, -0.15) is 17.4 Å². The van der Waals surface area contributed by atoms with Crippen LogP contribution in [0.25, 0.3) is 0 Å². The number of hydrogen-bond donors (Lipinski definition) is 2. The lowest BCUT2D eigenvalue weighted by atomic mass is 10.0. The second kappa shape index (κ2) is 7.75. The Hall–Kier alpha value is -1.26. The van der Waals surface area contributed by atoms with Crippen molar-refractivity contribution >= 4 is 16.0 Å². The number of pyridine rings is 1. The van der Waals surface area contributed by atoms with Crippen LogP contribution in [-0.2, 0) is 16.8 Å². The molecule has 0 unspecified atom stereocenters. The number of aliphatic hydroxyl groups is 1. The van der Waals surface area contributed by atoms with E-state index in [1.807, 2.05) is 37.3 Å². The van der Waals surface area contributed by atoms with Gasteiger partial charge in [0.25, 0.3) is 10.2 Å². The molecule has 1 aliphatic rings. The van der Waals surface area contributed by atoms with Gasteiger partial charge in [0.15, 0.2) is 0 Å². The number of aromatic nitrogens is 1. The Morgan fingerprint density at radius 1 is 1.33 bits per heavy atom. The minimum atomic E-state index is -3.53. The van der Waals surface area contributed by atoms with Gasteiger partial charge in [0, 0.05) is 54.0 Å². The molecule has 9 heteroatoms. The van der Waals surface area contributed by atoms with Crippen LogP contribution in [0.3, 0.4) is 0 Å². The molecule has 0 radical (unpaired) electrons. The third kappa shape index (κ3) is 4.87. The van der Waals surface area contributed by atoms with E-state index in [2.05, 4.69) is 14.6 Å². The molecule has 0 saturated carbocycles. The Balaban J connectivity index is 1.91. The molecule has 2 N–H and O–H groups in total. The maximum atomic E-state index is 11.9. The van der Waals surface area contributed by atoms with Gasteiger partial charge in [-0.05, 0) is 18.1 Å². The molecular weight excluding hydrogens is 330 g/mol. The van der Waals surface area contributed by atoms with E-state index in [0.29, 0.717) is 26.1 Å². The molecule has 0 aliphatic carbocycles. The van der Waals surface area contributed by atoms with Crippen LogP contribution in [0.1, 0.15) is 12.0 Å². The summed E-state index contributed by atoms with van der Waals surface area (Å²) in [4.78, 5) is 8.43. The average Bonchev–Trinajstić information content (AvgIpc) is 2.50. The van der Waals surface area contributed by atoms with Crippen LogP contribution in [0.15, 0.2) is 18.3 Å². The fourth-order valence-electron chi connectivity index (χ4n) is 2.61. The Kier molecular flexibility index (Phi) is 6.16. The van der Waals surface area contributed by atoms with E-state index in [-0.39, 0.29) is 0 Å². The van der Waals surface area contributed by atoms with E-state index < -0.39 is 22.4 Å². The van der Waals surface area contributed by atoms with E-state index in [1.165, 1.54) is 14.1 Å². The summed E-state index contributed by atoms with van der Waals surface area (Å²) in [6.45, 7) is 1.83. The van der Waals surface area contributed by atoms with E-state index in [1.54, 1.807) is 0 Å². The van der Waals surface area contributed by atoms with Crippen molar-refractivity contribution in [3.8, 4) is 0 Å². The number of anilines is 1. The highest BCUT2D eigenvalue weighted by atomic mass is 32.2. The third-order valence-corrected chi connectivity index (χ3v) is 5.68. The summed E-state index contributed by atoms with van der Waals surface area (Å²) in [5.74, 6) is 0.899. The molecule has 0 spiro atoms. The van der Waals surface area contributed by atoms with Crippen LogP contribution in [0, 0.1) is 0 Å². The summed E-state index contributed by atoms with van der Waals surface area (Å²) >= 11 is 0. The van der Waals surface area contributed by atoms with Crippen molar-refractivity contribution in [2.75, 3.05) is 46.2 Å². The standard InChI is InChI=1S/C15H27N5O3S/c1-18(2)15-6-5-12(9-16-15)10-20-8-7-13(14(21)11-20)17-24(22,23)19(3)4/h5-6,9,13-14,17,21H,7-8,10-11H2,1-4H3/t13-,14-/m1/s1. The first-order chi connectivity index (χ1) is 11.2. The molecule has 136 valence electrons. The normalized spacial score (nSPS) is 22.8. The van der Waals surface area contributed by atoms with E-state index in [0.717, 1.165) is 15.7 Å². The van der Waals surface area contributed by atoms with Gasteiger partial charge in [-0.1, -0.05) is 6.07 Å². The largest absolute Gasteiger partial charge is 0.390 e. The topological polar surface area (TPSA) is 89.0 Å². The van der Waals surface area contributed by atoms with Crippen LogP contribution in [0.5, 0.6) is 0 Å². The summed E-state index contributed by atoms with van der Waals surface area (Å²) in [6, 6.07) is 3.53. The minimum absolute atomic E-state index is 0.427. The quantitative estimate of drug-likeness (QED) is 0.712. The molecule has 0 amide bonds. The molecule has 0 bridgehead atoms. The molecule has 8 nitrogen and oxygen atoms in total. The number of rotatable bonds is 6. The number of nitrogens with zero attached hydrogens (tertiary/aromatic N) is 4. The smallest absolute Gasteiger partial charge is 0.279 e. The van der Waals surface area contributed by atoms with Crippen LogP contribution >= 0.6 is 0 Å². The minimum Gasteiger partial charge on any atom is -0.390 e. The highest BCUT2D eigenvalue weighted by Gasteiger charge is 2.31. The first-order valence-electron chi connectivity index (χ1n) is 7.91. The molecule has 1 aromatic rings. The molecule has 1 aromatic heterocycles. The molecule has 24 heavy (non-hydrogen) atoms. The van der Waals surface area contributed by atoms with Crippen LogP contribution in [0.4, 0.5) is 5.82 Å². The number of nitrogens with one attached hydrogen (secondary N) is 1. The van der Waals surface area contributed by atoms with Crippen molar-refractivity contribution in [3.63, 3.8) is 0 Å². The first kappa shape index (κ1) is 19.1. The van der Waals surface area contributed by atoms with Crippen molar-refractivity contribution in [1.82, 2.24) is 18.9 Å². The zero-order valence-corrected chi connectivity index (χ0v) is 15.5. The molecular formula is C15H27N5O3S. The summed E-state index contributed by atoms with van der Waals surface area (Å²) in [7, 11) is 3.29. The number of aliphatic hydroxyl groups excluding tert-OH is 1. The van der Waals surface area contributed by atoms with E-state index in [9.17, 15) is 13.5 Å². The van der Waals surface area contributed by atoms with Crippen molar-refractivity contribution in [1.29, 1.82) is 0 Å². The highest BCUT2D eigenvalue weighted by molar-refractivity contribution is 7.87. The second-order valence-corrected chi connectivity index (χ2v) is 8.44. The zero-order valence-electron chi connectivity index (χ0n) is 14.7. The van der Waals surface area contributed by atoms with Crippen molar-refractivity contribution in [3.05, 3.63) is 23.9 Å².